The molecule has 0 saturated heterocycles. The lowest BCUT2D eigenvalue weighted by Crippen LogP contribution is -2.10. The molecule has 2 nitrogen and oxygen atoms in total. The molecule has 0 spiro atoms. The molecule has 0 radical (unpaired) electrons. The van der Waals surface area contributed by atoms with Crippen LogP contribution < -0.4 is 4.90 Å². The molecule has 254 valence electrons. The average Bonchev–Trinajstić information content (AvgIpc) is 3.65. The van der Waals surface area contributed by atoms with E-state index in [4.69, 9.17) is 4.42 Å². The second-order valence-corrected chi connectivity index (χ2v) is 13.7. The predicted molar refractivity (Wildman–Crippen MR) is 228 cm³/mol. The minimum Gasteiger partial charge on any atom is -0.455 e. The lowest BCUT2D eigenvalue weighted by molar-refractivity contribution is 0.670. The molecular weight excluding hydrogens is 655 g/mol. The highest BCUT2D eigenvalue weighted by Gasteiger charge is 2.22. The van der Waals surface area contributed by atoms with Crippen LogP contribution in [0.2, 0.25) is 0 Å². The number of nitrogens with zero attached hydrogens (tertiary/aromatic N) is 1. The average molecular weight is 690 g/mol. The maximum Gasteiger partial charge on any atom is 0.145 e. The Hall–Kier alpha value is -7.16. The molecule has 0 aliphatic rings. The molecule has 0 saturated carbocycles. The summed E-state index contributed by atoms with van der Waals surface area (Å²) in [6, 6.07) is 75.8. The van der Waals surface area contributed by atoms with Crippen molar-refractivity contribution in [1.29, 1.82) is 0 Å². The number of rotatable bonds is 7. The van der Waals surface area contributed by atoms with Gasteiger partial charge in [-0.05, 0) is 104 Å². The zero-order chi connectivity index (χ0) is 35.8. The van der Waals surface area contributed by atoms with E-state index in [-0.39, 0.29) is 0 Å². The first-order valence-corrected chi connectivity index (χ1v) is 18.4. The van der Waals surface area contributed by atoms with Crippen LogP contribution in [0.1, 0.15) is 0 Å². The summed E-state index contributed by atoms with van der Waals surface area (Å²) in [6.45, 7) is 0. The SMILES string of the molecule is c1ccc(-c2cccc(-c3cccc(N(c4ccc(-c5ccc6ccccc6c5)cc4)c4ccc(-c5ccccc5)c5oc6ccccc6c45)c3)c2)cc1. The van der Waals surface area contributed by atoms with E-state index in [2.05, 4.69) is 211 Å². The van der Waals surface area contributed by atoms with Crippen molar-refractivity contribution < 1.29 is 4.42 Å². The molecule has 0 unspecified atom stereocenters. The van der Waals surface area contributed by atoms with Gasteiger partial charge in [0.05, 0.1) is 11.1 Å². The first-order chi connectivity index (χ1) is 26.8. The van der Waals surface area contributed by atoms with Gasteiger partial charge < -0.3 is 9.32 Å². The van der Waals surface area contributed by atoms with E-state index in [1.165, 1.54) is 38.6 Å². The highest BCUT2D eigenvalue weighted by Crippen LogP contribution is 2.47. The summed E-state index contributed by atoms with van der Waals surface area (Å²) in [5, 5.41) is 4.65. The fourth-order valence-electron chi connectivity index (χ4n) is 7.77. The molecule has 1 aromatic heterocycles. The molecular formula is C52H35NO. The Balaban J connectivity index is 1.16. The van der Waals surface area contributed by atoms with Crippen molar-refractivity contribution in [3.63, 3.8) is 0 Å². The van der Waals surface area contributed by atoms with Crippen molar-refractivity contribution in [3.05, 3.63) is 212 Å². The summed E-state index contributed by atoms with van der Waals surface area (Å²) in [7, 11) is 0. The maximum atomic E-state index is 6.73. The van der Waals surface area contributed by atoms with Crippen molar-refractivity contribution in [2.75, 3.05) is 4.90 Å². The number of fused-ring (bicyclic) bond motifs is 4. The van der Waals surface area contributed by atoms with Crippen LogP contribution in [0.25, 0.3) is 77.2 Å². The van der Waals surface area contributed by atoms with Gasteiger partial charge in [-0.2, -0.15) is 0 Å². The quantitative estimate of drug-likeness (QED) is 0.166. The monoisotopic (exact) mass is 689 g/mol. The number of furan rings is 1. The van der Waals surface area contributed by atoms with Crippen LogP contribution >= 0.6 is 0 Å². The van der Waals surface area contributed by atoms with E-state index < -0.39 is 0 Å². The van der Waals surface area contributed by atoms with Gasteiger partial charge in [-0.25, -0.2) is 0 Å². The van der Waals surface area contributed by atoms with Crippen LogP contribution in [0, 0.1) is 0 Å². The summed E-state index contributed by atoms with van der Waals surface area (Å²) in [5.74, 6) is 0. The van der Waals surface area contributed by atoms with Gasteiger partial charge in [-0.1, -0.05) is 158 Å². The Kier molecular flexibility index (Phi) is 7.85. The zero-order valence-corrected chi connectivity index (χ0v) is 29.6. The summed E-state index contributed by atoms with van der Waals surface area (Å²) < 4.78 is 6.73. The fourth-order valence-corrected chi connectivity index (χ4v) is 7.77. The molecule has 0 N–H and O–H groups in total. The molecule has 1 heterocycles. The second kappa shape index (κ2) is 13.4. The number of benzene rings is 9. The molecule has 0 amide bonds. The van der Waals surface area contributed by atoms with Gasteiger partial charge in [0.1, 0.15) is 11.2 Å². The topological polar surface area (TPSA) is 16.4 Å². The molecule has 0 fully saturated rings. The van der Waals surface area contributed by atoms with Gasteiger partial charge in [-0.15, -0.1) is 0 Å². The maximum absolute atomic E-state index is 6.73. The molecule has 0 atom stereocenters. The molecule has 2 heteroatoms. The summed E-state index contributed by atoms with van der Waals surface area (Å²) >= 11 is 0. The van der Waals surface area contributed by atoms with Crippen molar-refractivity contribution in [2.24, 2.45) is 0 Å². The third-order valence-electron chi connectivity index (χ3n) is 10.4. The summed E-state index contributed by atoms with van der Waals surface area (Å²) in [6.07, 6.45) is 0. The molecule has 0 aliphatic heterocycles. The van der Waals surface area contributed by atoms with Crippen LogP contribution in [-0.4, -0.2) is 0 Å². The Morgan fingerprint density at radius 2 is 0.907 bits per heavy atom. The molecule has 10 rings (SSSR count). The van der Waals surface area contributed by atoms with Gasteiger partial charge in [0.25, 0.3) is 0 Å². The molecule has 0 bridgehead atoms. The lowest BCUT2D eigenvalue weighted by Gasteiger charge is -2.27. The minimum absolute atomic E-state index is 0.871. The van der Waals surface area contributed by atoms with Gasteiger partial charge in [0.15, 0.2) is 0 Å². The van der Waals surface area contributed by atoms with Crippen molar-refractivity contribution >= 4 is 49.8 Å². The van der Waals surface area contributed by atoms with Crippen LogP contribution in [0.3, 0.4) is 0 Å². The van der Waals surface area contributed by atoms with Gasteiger partial charge in [-0.3, -0.25) is 0 Å². The first-order valence-electron chi connectivity index (χ1n) is 18.4. The highest BCUT2D eigenvalue weighted by molar-refractivity contribution is 6.17. The van der Waals surface area contributed by atoms with Crippen LogP contribution in [0.4, 0.5) is 17.1 Å². The third-order valence-corrected chi connectivity index (χ3v) is 10.4. The Labute approximate surface area is 314 Å². The molecule has 10 aromatic rings. The minimum atomic E-state index is 0.871. The van der Waals surface area contributed by atoms with Gasteiger partial charge >= 0.3 is 0 Å². The van der Waals surface area contributed by atoms with E-state index in [1.807, 2.05) is 6.07 Å². The summed E-state index contributed by atoms with van der Waals surface area (Å²) in [5.41, 5.74) is 14.2. The first kappa shape index (κ1) is 31.6. The van der Waals surface area contributed by atoms with Gasteiger partial charge in [0.2, 0.25) is 0 Å². The van der Waals surface area contributed by atoms with Gasteiger partial charge in [0, 0.05) is 22.3 Å². The molecule has 9 aromatic carbocycles. The number of para-hydroxylation sites is 1. The van der Waals surface area contributed by atoms with E-state index in [9.17, 15) is 0 Å². The standard InChI is InChI=1S/C52H35NO/c1-3-13-36(14-4-1)41-19-11-20-42(33-41)43-21-12-22-46(35-43)53(45-29-27-38(28-30-45)44-26-25-37-15-7-8-18-40(37)34-44)49-32-31-47(39-16-5-2-6-17-39)52-51(49)48-23-9-10-24-50(48)54-52/h1-35H. The van der Waals surface area contributed by atoms with E-state index in [1.54, 1.807) is 0 Å². The lowest BCUT2D eigenvalue weighted by atomic mass is 9.97. The van der Waals surface area contributed by atoms with Crippen LogP contribution in [0.15, 0.2) is 217 Å². The highest BCUT2D eigenvalue weighted by atomic mass is 16.3. The fraction of sp³-hybridized carbons (Fsp3) is 0. The zero-order valence-electron chi connectivity index (χ0n) is 29.6. The number of anilines is 3. The largest absolute Gasteiger partial charge is 0.455 e. The number of hydrogen-bond acceptors (Lipinski definition) is 2. The normalized spacial score (nSPS) is 11.3. The Bertz CT molecular complexity index is 2920. The third kappa shape index (κ3) is 5.71. The van der Waals surface area contributed by atoms with Crippen molar-refractivity contribution in [1.82, 2.24) is 0 Å². The Morgan fingerprint density at radius 1 is 0.333 bits per heavy atom. The molecule has 0 aliphatic carbocycles. The summed E-state index contributed by atoms with van der Waals surface area (Å²) in [4.78, 5) is 2.38. The van der Waals surface area contributed by atoms with E-state index in [0.29, 0.717) is 0 Å². The van der Waals surface area contributed by atoms with E-state index in [0.717, 1.165) is 55.7 Å². The molecule has 54 heavy (non-hydrogen) atoms. The van der Waals surface area contributed by atoms with Crippen LogP contribution in [-0.2, 0) is 0 Å². The van der Waals surface area contributed by atoms with Crippen molar-refractivity contribution in [3.8, 4) is 44.5 Å². The number of hydrogen-bond donors (Lipinski definition) is 0. The van der Waals surface area contributed by atoms with Crippen LogP contribution in [0.5, 0.6) is 0 Å². The predicted octanol–water partition coefficient (Wildman–Crippen LogP) is 14.9. The second-order valence-electron chi connectivity index (χ2n) is 13.7. The smallest absolute Gasteiger partial charge is 0.145 e. The van der Waals surface area contributed by atoms with E-state index >= 15 is 0 Å². The Morgan fingerprint density at radius 3 is 1.70 bits per heavy atom. The van der Waals surface area contributed by atoms with Crippen molar-refractivity contribution in [2.45, 2.75) is 0 Å².